The molecule has 0 aromatic rings. The van der Waals surface area contributed by atoms with Gasteiger partial charge in [0.05, 0.1) is 12.5 Å². The molecule has 0 saturated heterocycles. The predicted octanol–water partition coefficient (Wildman–Crippen LogP) is 2.43. The standard InChI is InChI=1S/C14H22O3/c15-12(4-13(16)17)8-14-5-9-1-10(6-14)3-11(2-9)7-14/h9-12,15H,1-8H2,(H,16,17). The van der Waals surface area contributed by atoms with Gasteiger partial charge >= 0.3 is 5.97 Å². The lowest BCUT2D eigenvalue weighted by molar-refractivity contribution is -0.140. The average molecular weight is 238 g/mol. The highest BCUT2D eigenvalue weighted by Crippen LogP contribution is 2.61. The number of rotatable bonds is 4. The van der Waals surface area contributed by atoms with Crippen molar-refractivity contribution in [2.45, 2.75) is 57.5 Å². The Bertz CT molecular complexity index is 288. The molecule has 4 saturated carbocycles. The molecule has 0 amide bonds. The third-order valence-corrected chi connectivity index (χ3v) is 5.24. The van der Waals surface area contributed by atoms with E-state index in [1.54, 1.807) is 0 Å². The highest BCUT2D eigenvalue weighted by molar-refractivity contribution is 5.67. The van der Waals surface area contributed by atoms with E-state index in [4.69, 9.17) is 5.11 Å². The minimum atomic E-state index is -0.873. The monoisotopic (exact) mass is 238 g/mol. The molecule has 96 valence electrons. The van der Waals surface area contributed by atoms with Crippen molar-refractivity contribution in [3.63, 3.8) is 0 Å². The van der Waals surface area contributed by atoms with Crippen molar-refractivity contribution in [1.29, 1.82) is 0 Å². The number of aliphatic hydroxyl groups excluding tert-OH is 1. The van der Waals surface area contributed by atoms with Gasteiger partial charge < -0.3 is 10.2 Å². The van der Waals surface area contributed by atoms with Gasteiger partial charge in [-0.1, -0.05) is 0 Å². The Hall–Kier alpha value is -0.570. The normalized spacial score (nSPS) is 44.9. The molecular weight excluding hydrogens is 216 g/mol. The van der Waals surface area contributed by atoms with Crippen LogP contribution in [0.25, 0.3) is 0 Å². The molecule has 3 heteroatoms. The minimum absolute atomic E-state index is 0.0816. The van der Waals surface area contributed by atoms with Crippen LogP contribution in [-0.4, -0.2) is 22.3 Å². The van der Waals surface area contributed by atoms with Crippen LogP contribution in [0.4, 0.5) is 0 Å². The Balaban J connectivity index is 1.67. The molecule has 3 nitrogen and oxygen atoms in total. The van der Waals surface area contributed by atoms with Crippen molar-refractivity contribution in [2.75, 3.05) is 0 Å². The number of aliphatic hydroxyl groups is 1. The molecule has 4 aliphatic carbocycles. The number of hydrogen-bond donors (Lipinski definition) is 2. The van der Waals surface area contributed by atoms with Gasteiger partial charge in [-0.15, -0.1) is 0 Å². The molecule has 0 spiro atoms. The lowest BCUT2D eigenvalue weighted by Crippen LogP contribution is -2.47. The summed E-state index contributed by atoms with van der Waals surface area (Å²) in [5.41, 5.74) is 0.295. The number of carboxylic acid groups (broad SMARTS) is 1. The van der Waals surface area contributed by atoms with Gasteiger partial charge in [-0.2, -0.15) is 0 Å². The second-order valence-corrected chi connectivity index (χ2v) is 6.87. The van der Waals surface area contributed by atoms with Crippen molar-refractivity contribution in [3.8, 4) is 0 Å². The molecule has 0 radical (unpaired) electrons. The first-order valence-corrected chi connectivity index (χ1v) is 6.94. The van der Waals surface area contributed by atoms with Gasteiger partial charge in [-0.05, 0) is 68.1 Å². The van der Waals surface area contributed by atoms with E-state index in [-0.39, 0.29) is 6.42 Å². The van der Waals surface area contributed by atoms with Crippen molar-refractivity contribution in [2.24, 2.45) is 23.2 Å². The Morgan fingerprint density at radius 1 is 1.12 bits per heavy atom. The minimum Gasteiger partial charge on any atom is -0.481 e. The number of carbonyl (C=O) groups is 1. The quantitative estimate of drug-likeness (QED) is 0.791. The molecule has 0 aromatic carbocycles. The average Bonchev–Trinajstić information content (AvgIpc) is 2.11. The zero-order valence-corrected chi connectivity index (χ0v) is 10.3. The highest BCUT2D eigenvalue weighted by Gasteiger charge is 2.51. The van der Waals surface area contributed by atoms with Crippen LogP contribution in [0.2, 0.25) is 0 Å². The van der Waals surface area contributed by atoms with E-state index in [9.17, 15) is 9.90 Å². The van der Waals surface area contributed by atoms with Crippen molar-refractivity contribution >= 4 is 5.97 Å². The van der Waals surface area contributed by atoms with E-state index in [1.807, 2.05) is 0 Å². The summed E-state index contributed by atoms with van der Waals surface area (Å²) < 4.78 is 0. The Morgan fingerprint density at radius 3 is 2.00 bits per heavy atom. The second-order valence-electron chi connectivity index (χ2n) is 6.87. The van der Waals surface area contributed by atoms with Crippen LogP contribution >= 0.6 is 0 Å². The second kappa shape index (κ2) is 3.98. The smallest absolute Gasteiger partial charge is 0.305 e. The van der Waals surface area contributed by atoms with Gasteiger partial charge in [-0.25, -0.2) is 0 Å². The van der Waals surface area contributed by atoms with E-state index in [0.29, 0.717) is 5.41 Å². The maximum atomic E-state index is 10.6. The molecule has 17 heavy (non-hydrogen) atoms. The van der Waals surface area contributed by atoms with E-state index >= 15 is 0 Å². The van der Waals surface area contributed by atoms with Crippen LogP contribution in [0, 0.1) is 23.2 Å². The lowest BCUT2D eigenvalue weighted by atomic mass is 9.48. The fraction of sp³-hybridized carbons (Fsp3) is 0.929. The molecule has 4 aliphatic rings. The van der Waals surface area contributed by atoms with E-state index < -0.39 is 12.1 Å². The van der Waals surface area contributed by atoms with Gasteiger partial charge in [-0.3, -0.25) is 4.79 Å². The van der Waals surface area contributed by atoms with Crippen molar-refractivity contribution in [3.05, 3.63) is 0 Å². The fourth-order valence-corrected chi connectivity index (χ4v) is 5.31. The summed E-state index contributed by atoms with van der Waals surface area (Å²) >= 11 is 0. The Morgan fingerprint density at radius 2 is 1.59 bits per heavy atom. The third-order valence-electron chi connectivity index (χ3n) is 5.24. The first-order valence-electron chi connectivity index (χ1n) is 6.94. The molecule has 0 aromatic heterocycles. The van der Waals surface area contributed by atoms with Crippen molar-refractivity contribution < 1.29 is 15.0 Å². The number of carboxylic acids is 1. The highest BCUT2D eigenvalue weighted by atomic mass is 16.4. The lowest BCUT2D eigenvalue weighted by Gasteiger charge is -2.57. The van der Waals surface area contributed by atoms with Crippen LogP contribution in [0.3, 0.4) is 0 Å². The fourth-order valence-electron chi connectivity index (χ4n) is 5.31. The Labute approximate surface area is 102 Å². The van der Waals surface area contributed by atoms with Gasteiger partial charge in [0, 0.05) is 0 Å². The first kappa shape index (κ1) is 11.5. The van der Waals surface area contributed by atoms with E-state index in [1.165, 1.54) is 38.5 Å². The predicted molar refractivity (Wildman–Crippen MR) is 63.5 cm³/mol. The summed E-state index contributed by atoms with van der Waals surface area (Å²) in [6, 6.07) is 0. The summed E-state index contributed by atoms with van der Waals surface area (Å²) in [4.78, 5) is 10.6. The van der Waals surface area contributed by atoms with Gasteiger partial charge in [0.15, 0.2) is 0 Å². The van der Waals surface area contributed by atoms with Gasteiger partial charge in [0.1, 0.15) is 0 Å². The third kappa shape index (κ3) is 2.22. The molecule has 1 unspecified atom stereocenters. The maximum absolute atomic E-state index is 10.6. The summed E-state index contributed by atoms with van der Waals surface area (Å²) in [6.45, 7) is 0. The molecular formula is C14H22O3. The molecule has 1 atom stereocenters. The van der Waals surface area contributed by atoms with Crippen LogP contribution in [0.15, 0.2) is 0 Å². The molecule has 0 heterocycles. The van der Waals surface area contributed by atoms with E-state index in [0.717, 1.165) is 24.2 Å². The number of hydrogen-bond acceptors (Lipinski definition) is 2. The van der Waals surface area contributed by atoms with Gasteiger partial charge in [0.2, 0.25) is 0 Å². The van der Waals surface area contributed by atoms with Gasteiger partial charge in [0.25, 0.3) is 0 Å². The molecule has 4 fully saturated rings. The van der Waals surface area contributed by atoms with Crippen LogP contribution in [-0.2, 0) is 4.79 Å². The summed E-state index contributed by atoms with van der Waals surface area (Å²) in [6.07, 6.45) is 7.94. The van der Waals surface area contributed by atoms with Crippen LogP contribution < -0.4 is 0 Å². The largest absolute Gasteiger partial charge is 0.481 e. The van der Waals surface area contributed by atoms with E-state index in [2.05, 4.69) is 0 Å². The first-order chi connectivity index (χ1) is 8.05. The van der Waals surface area contributed by atoms with Crippen LogP contribution in [0.1, 0.15) is 51.4 Å². The molecule has 4 rings (SSSR count). The zero-order valence-electron chi connectivity index (χ0n) is 10.3. The zero-order chi connectivity index (χ0) is 12.0. The summed E-state index contributed by atoms with van der Waals surface area (Å²) in [5.74, 6) is 1.75. The molecule has 0 aliphatic heterocycles. The molecule has 4 bridgehead atoms. The summed E-state index contributed by atoms with van der Waals surface area (Å²) in [7, 11) is 0. The van der Waals surface area contributed by atoms with Crippen molar-refractivity contribution in [1.82, 2.24) is 0 Å². The Kier molecular flexibility index (Phi) is 2.69. The SMILES string of the molecule is O=C(O)CC(O)CC12CC3CC(CC(C3)C1)C2. The van der Waals surface area contributed by atoms with Crippen LogP contribution in [0.5, 0.6) is 0 Å². The summed E-state index contributed by atoms with van der Waals surface area (Å²) in [5, 5.41) is 18.6. The maximum Gasteiger partial charge on any atom is 0.305 e. The number of aliphatic carboxylic acids is 1. The molecule has 2 N–H and O–H groups in total. The topological polar surface area (TPSA) is 57.5 Å².